The predicted molar refractivity (Wildman–Crippen MR) is 134 cm³/mol. The maximum Gasteiger partial charge on any atom is 0.315 e. The monoisotopic (exact) mass is 484 g/mol. The van der Waals surface area contributed by atoms with Gasteiger partial charge in [-0.05, 0) is 48.3 Å². The Labute approximate surface area is 204 Å². The SMILES string of the molecule is C#CC(O)(O)NC(=O)CNC(=O)CN(SC)C1CCN(C(C)c2cccc3ccccc23)CC1. The van der Waals surface area contributed by atoms with Crippen LogP contribution in [-0.2, 0) is 9.59 Å². The number of amides is 2. The van der Waals surface area contributed by atoms with Crippen molar-refractivity contribution in [3.05, 3.63) is 48.0 Å². The van der Waals surface area contributed by atoms with Gasteiger partial charge in [0.05, 0.1) is 13.1 Å². The van der Waals surface area contributed by atoms with Crippen LogP contribution in [0.2, 0.25) is 0 Å². The first-order chi connectivity index (χ1) is 16.2. The molecule has 9 heteroatoms. The van der Waals surface area contributed by atoms with Crippen LogP contribution in [0.5, 0.6) is 0 Å². The Balaban J connectivity index is 1.50. The van der Waals surface area contributed by atoms with Crippen LogP contribution >= 0.6 is 11.9 Å². The second-order valence-corrected chi connectivity index (χ2v) is 9.24. The third kappa shape index (κ3) is 6.72. The summed E-state index contributed by atoms with van der Waals surface area (Å²) in [6.45, 7) is 3.85. The largest absolute Gasteiger partial charge is 0.346 e. The molecule has 34 heavy (non-hydrogen) atoms. The van der Waals surface area contributed by atoms with E-state index >= 15 is 0 Å². The van der Waals surface area contributed by atoms with Crippen molar-refractivity contribution in [2.45, 2.75) is 37.8 Å². The second kappa shape index (κ2) is 11.7. The molecule has 1 atom stereocenters. The fraction of sp³-hybridized carbons (Fsp3) is 0.440. The zero-order chi connectivity index (χ0) is 24.7. The van der Waals surface area contributed by atoms with Crippen molar-refractivity contribution >= 4 is 34.5 Å². The van der Waals surface area contributed by atoms with Crippen molar-refractivity contribution in [1.29, 1.82) is 0 Å². The molecule has 1 aliphatic heterocycles. The Morgan fingerprint density at radius 2 is 1.88 bits per heavy atom. The summed E-state index contributed by atoms with van der Waals surface area (Å²) in [5.74, 6) is -2.22. The predicted octanol–water partition coefficient (Wildman–Crippen LogP) is 1.45. The molecule has 1 saturated heterocycles. The number of aliphatic hydroxyl groups is 2. The summed E-state index contributed by atoms with van der Waals surface area (Å²) in [6, 6.07) is 15.5. The Morgan fingerprint density at radius 1 is 1.21 bits per heavy atom. The van der Waals surface area contributed by atoms with E-state index in [1.807, 2.05) is 15.9 Å². The van der Waals surface area contributed by atoms with Gasteiger partial charge in [0.15, 0.2) is 0 Å². The van der Waals surface area contributed by atoms with E-state index in [1.54, 1.807) is 5.92 Å². The molecule has 0 aromatic heterocycles. The lowest BCUT2D eigenvalue weighted by molar-refractivity contribution is -0.155. The molecule has 1 heterocycles. The van der Waals surface area contributed by atoms with Crippen molar-refractivity contribution in [3.63, 3.8) is 0 Å². The average molecular weight is 485 g/mol. The molecule has 3 rings (SSSR count). The minimum Gasteiger partial charge on any atom is -0.346 e. The number of carbonyl (C=O) groups is 2. The average Bonchev–Trinajstić information content (AvgIpc) is 2.85. The Morgan fingerprint density at radius 3 is 2.56 bits per heavy atom. The van der Waals surface area contributed by atoms with Crippen LogP contribution in [-0.4, -0.2) is 75.6 Å². The number of piperidine rings is 1. The van der Waals surface area contributed by atoms with Gasteiger partial charge in [-0.2, -0.15) is 0 Å². The summed E-state index contributed by atoms with van der Waals surface area (Å²) in [6.07, 6.45) is 8.70. The van der Waals surface area contributed by atoms with Crippen molar-refractivity contribution in [1.82, 2.24) is 19.8 Å². The third-order valence-corrected chi connectivity index (χ3v) is 7.12. The van der Waals surface area contributed by atoms with Gasteiger partial charge >= 0.3 is 5.91 Å². The van der Waals surface area contributed by atoms with Gasteiger partial charge in [0.25, 0.3) is 0 Å². The van der Waals surface area contributed by atoms with Crippen molar-refractivity contribution in [2.24, 2.45) is 0 Å². The maximum atomic E-state index is 12.4. The number of nitrogens with zero attached hydrogens (tertiary/aromatic N) is 2. The number of benzene rings is 2. The van der Waals surface area contributed by atoms with Crippen molar-refractivity contribution in [3.8, 4) is 12.3 Å². The molecular formula is C25H32N4O4S. The Kier molecular flexibility index (Phi) is 8.94. The number of carbonyl (C=O) groups excluding carboxylic acids is 2. The van der Waals surface area contributed by atoms with Gasteiger partial charge in [-0.3, -0.25) is 19.8 Å². The first-order valence-electron chi connectivity index (χ1n) is 11.3. The summed E-state index contributed by atoms with van der Waals surface area (Å²) >= 11 is 1.51. The molecule has 0 aliphatic carbocycles. The molecule has 0 spiro atoms. The van der Waals surface area contributed by atoms with E-state index in [4.69, 9.17) is 6.42 Å². The van der Waals surface area contributed by atoms with Crippen molar-refractivity contribution < 1.29 is 19.8 Å². The Hall–Kier alpha value is -2.61. The van der Waals surface area contributed by atoms with E-state index in [1.165, 1.54) is 28.3 Å². The van der Waals surface area contributed by atoms with Crippen LogP contribution in [0.3, 0.4) is 0 Å². The first-order valence-corrected chi connectivity index (χ1v) is 12.4. The first kappa shape index (κ1) is 26.0. The van der Waals surface area contributed by atoms with Gasteiger partial charge in [0.2, 0.25) is 11.8 Å². The van der Waals surface area contributed by atoms with Crippen molar-refractivity contribution in [2.75, 3.05) is 32.4 Å². The van der Waals surface area contributed by atoms with Crippen LogP contribution in [0.25, 0.3) is 10.8 Å². The van der Waals surface area contributed by atoms with E-state index in [-0.39, 0.29) is 18.5 Å². The fourth-order valence-electron chi connectivity index (χ4n) is 4.37. The molecular weight excluding hydrogens is 452 g/mol. The number of nitrogens with one attached hydrogen (secondary N) is 2. The molecule has 2 aromatic carbocycles. The zero-order valence-corrected chi connectivity index (χ0v) is 20.3. The maximum absolute atomic E-state index is 12.4. The highest BCUT2D eigenvalue weighted by Crippen LogP contribution is 2.31. The Bertz CT molecular complexity index is 1040. The van der Waals surface area contributed by atoms with E-state index < -0.39 is 18.4 Å². The number of likely N-dealkylation sites (tertiary alicyclic amines) is 1. The summed E-state index contributed by atoms with van der Waals surface area (Å²) in [4.78, 5) is 26.6. The van der Waals surface area contributed by atoms with Crippen LogP contribution < -0.4 is 10.6 Å². The minimum absolute atomic E-state index is 0.135. The molecule has 4 N–H and O–H groups in total. The summed E-state index contributed by atoms with van der Waals surface area (Å²) in [5.41, 5.74) is 1.33. The molecule has 1 aliphatic rings. The lowest BCUT2D eigenvalue weighted by atomic mass is 9.96. The smallest absolute Gasteiger partial charge is 0.315 e. The number of hydrogen-bond acceptors (Lipinski definition) is 7. The van der Waals surface area contributed by atoms with Gasteiger partial charge in [-0.25, -0.2) is 4.31 Å². The van der Waals surface area contributed by atoms with Crippen LogP contribution in [0.15, 0.2) is 42.5 Å². The van der Waals surface area contributed by atoms with Gasteiger partial charge in [0.1, 0.15) is 0 Å². The number of hydrogen-bond donors (Lipinski definition) is 4. The van der Waals surface area contributed by atoms with Gasteiger partial charge in [-0.1, -0.05) is 54.4 Å². The molecule has 0 bridgehead atoms. The second-order valence-electron chi connectivity index (χ2n) is 8.41. The molecule has 2 amide bonds. The van der Waals surface area contributed by atoms with E-state index in [0.29, 0.717) is 6.04 Å². The molecule has 1 unspecified atom stereocenters. The van der Waals surface area contributed by atoms with Gasteiger partial charge < -0.3 is 15.5 Å². The normalized spacial score (nSPS) is 16.2. The van der Waals surface area contributed by atoms with E-state index in [2.05, 4.69) is 59.6 Å². The zero-order valence-electron chi connectivity index (χ0n) is 19.5. The quantitative estimate of drug-likeness (QED) is 0.243. The van der Waals surface area contributed by atoms with Gasteiger partial charge in [-0.15, -0.1) is 6.42 Å². The highest BCUT2D eigenvalue weighted by atomic mass is 32.2. The van der Waals surface area contributed by atoms with Crippen LogP contribution in [0.4, 0.5) is 0 Å². The number of terminal acetylenes is 1. The number of fused-ring (bicyclic) bond motifs is 1. The van der Waals surface area contributed by atoms with Crippen LogP contribution in [0, 0.1) is 12.3 Å². The molecule has 0 radical (unpaired) electrons. The molecule has 1 fully saturated rings. The lowest BCUT2D eigenvalue weighted by Gasteiger charge is -2.40. The summed E-state index contributed by atoms with van der Waals surface area (Å²) in [5, 5.41) is 25.4. The van der Waals surface area contributed by atoms with E-state index in [9.17, 15) is 19.8 Å². The highest BCUT2D eigenvalue weighted by Gasteiger charge is 2.29. The highest BCUT2D eigenvalue weighted by molar-refractivity contribution is 7.96. The van der Waals surface area contributed by atoms with Gasteiger partial charge in [0, 0.05) is 25.2 Å². The lowest BCUT2D eigenvalue weighted by Crippen LogP contribution is -2.51. The molecule has 182 valence electrons. The van der Waals surface area contributed by atoms with Crippen LogP contribution in [0.1, 0.15) is 31.4 Å². The topological polar surface area (TPSA) is 105 Å². The molecule has 0 saturated carbocycles. The fourth-order valence-corrected chi connectivity index (χ4v) is 5.12. The number of rotatable bonds is 9. The standard InChI is InChI=1S/C25H32N4O4S/c1-4-25(32,33)27-23(30)16-26-24(31)17-29(34-3)20-12-14-28(15-13-20)18(2)21-11-7-9-19-8-5-6-10-22(19)21/h1,5-11,18,20,32-33H,12-17H2,2-3H3,(H,26,31)(H,27,30). The third-order valence-electron chi connectivity index (χ3n) is 6.22. The summed E-state index contributed by atoms with van der Waals surface area (Å²) < 4.78 is 2.04. The molecule has 2 aromatic rings. The minimum atomic E-state index is -2.73. The van der Waals surface area contributed by atoms with E-state index in [0.717, 1.165) is 25.9 Å². The molecule has 8 nitrogen and oxygen atoms in total. The summed E-state index contributed by atoms with van der Waals surface area (Å²) in [7, 11) is 0.